The zero-order valence-corrected chi connectivity index (χ0v) is 15.5. The van der Waals surface area contributed by atoms with E-state index < -0.39 is 0 Å². The average molecular weight is 359 g/mol. The lowest BCUT2D eigenvalue weighted by Gasteiger charge is -2.09. The van der Waals surface area contributed by atoms with Crippen molar-refractivity contribution in [2.45, 2.75) is 20.8 Å². The van der Waals surface area contributed by atoms with Crippen LogP contribution in [0.25, 0.3) is 0 Å². The fourth-order valence-corrected chi connectivity index (χ4v) is 2.64. The number of nitrogens with one attached hydrogen (secondary N) is 2. The molecular formula is C22H21N3O2. The lowest BCUT2D eigenvalue weighted by Crippen LogP contribution is -2.17. The molecule has 0 aliphatic rings. The maximum absolute atomic E-state index is 12.5. The third kappa shape index (κ3) is 4.58. The van der Waals surface area contributed by atoms with Crippen LogP contribution in [0.15, 0.2) is 60.8 Å². The van der Waals surface area contributed by atoms with E-state index in [0.717, 1.165) is 16.7 Å². The fraction of sp³-hybridized carbons (Fsp3) is 0.136. The summed E-state index contributed by atoms with van der Waals surface area (Å²) in [7, 11) is 0. The molecule has 136 valence electrons. The van der Waals surface area contributed by atoms with Crippen LogP contribution >= 0.6 is 0 Å². The summed E-state index contributed by atoms with van der Waals surface area (Å²) in [4.78, 5) is 29.0. The van der Waals surface area contributed by atoms with Gasteiger partial charge in [0.15, 0.2) is 0 Å². The van der Waals surface area contributed by atoms with Gasteiger partial charge < -0.3 is 10.6 Å². The Hall–Kier alpha value is -3.47. The van der Waals surface area contributed by atoms with Gasteiger partial charge in [0.2, 0.25) is 0 Å². The molecule has 5 nitrogen and oxygen atoms in total. The number of hydrogen-bond acceptors (Lipinski definition) is 3. The highest BCUT2D eigenvalue weighted by Crippen LogP contribution is 2.16. The topological polar surface area (TPSA) is 71.1 Å². The summed E-state index contributed by atoms with van der Waals surface area (Å²) in [5.74, 6) is -0.647. The maximum atomic E-state index is 12.5. The summed E-state index contributed by atoms with van der Waals surface area (Å²) in [6.07, 6.45) is 1.46. The van der Waals surface area contributed by atoms with Gasteiger partial charge in [0.25, 0.3) is 11.8 Å². The normalized spacial score (nSPS) is 10.3. The van der Waals surface area contributed by atoms with Crippen molar-refractivity contribution in [3.63, 3.8) is 0 Å². The van der Waals surface area contributed by atoms with Crippen molar-refractivity contribution in [2.24, 2.45) is 0 Å². The molecule has 2 aromatic carbocycles. The SMILES string of the molecule is Cc1cccc(NC(=O)c2cc(C(=O)Nc3ccc(C)c(C)c3)ccn2)c1. The molecule has 0 spiro atoms. The molecule has 0 atom stereocenters. The zero-order chi connectivity index (χ0) is 19.4. The number of rotatable bonds is 4. The van der Waals surface area contributed by atoms with Gasteiger partial charge in [-0.2, -0.15) is 0 Å². The molecule has 5 heteroatoms. The predicted octanol–water partition coefficient (Wildman–Crippen LogP) is 4.51. The number of carbonyl (C=O) groups excluding carboxylic acids is 2. The van der Waals surface area contributed by atoms with E-state index in [4.69, 9.17) is 0 Å². The Kier molecular flexibility index (Phi) is 5.31. The summed E-state index contributed by atoms with van der Waals surface area (Å²) >= 11 is 0. The number of nitrogens with zero attached hydrogens (tertiary/aromatic N) is 1. The van der Waals surface area contributed by atoms with Crippen LogP contribution in [0.1, 0.15) is 37.5 Å². The van der Waals surface area contributed by atoms with Crippen LogP contribution in [-0.4, -0.2) is 16.8 Å². The van der Waals surface area contributed by atoms with Crippen LogP contribution in [0, 0.1) is 20.8 Å². The molecule has 0 saturated carbocycles. The Labute approximate surface area is 158 Å². The van der Waals surface area contributed by atoms with Gasteiger partial charge in [-0.15, -0.1) is 0 Å². The van der Waals surface area contributed by atoms with Crippen molar-refractivity contribution in [1.82, 2.24) is 4.98 Å². The van der Waals surface area contributed by atoms with Crippen molar-refractivity contribution in [3.05, 3.63) is 88.7 Å². The first-order valence-electron chi connectivity index (χ1n) is 8.65. The molecule has 27 heavy (non-hydrogen) atoms. The lowest BCUT2D eigenvalue weighted by atomic mass is 10.1. The molecule has 2 amide bonds. The van der Waals surface area contributed by atoms with Gasteiger partial charge >= 0.3 is 0 Å². The minimum absolute atomic E-state index is 0.184. The van der Waals surface area contributed by atoms with Crippen molar-refractivity contribution >= 4 is 23.2 Å². The van der Waals surface area contributed by atoms with Gasteiger partial charge in [0, 0.05) is 23.1 Å². The van der Waals surface area contributed by atoms with E-state index >= 15 is 0 Å². The number of aryl methyl sites for hydroxylation is 3. The van der Waals surface area contributed by atoms with Crippen molar-refractivity contribution in [2.75, 3.05) is 10.6 Å². The molecule has 3 aromatic rings. The Morgan fingerprint density at radius 2 is 1.52 bits per heavy atom. The number of carbonyl (C=O) groups is 2. The Balaban J connectivity index is 1.75. The van der Waals surface area contributed by atoms with Gasteiger partial charge in [-0.3, -0.25) is 14.6 Å². The summed E-state index contributed by atoms with van der Waals surface area (Å²) < 4.78 is 0. The first kappa shape index (κ1) is 18.3. The molecule has 0 fully saturated rings. The molecule has 2 N–H and O–H groups in total. The minimum atomic E-state index is -0.360. The van der Waals surface area contributed by atoms with Crippen LogP contribution in [0.4, 0.5) is 11.4 Å². The molecule has 1 aromatic heterocycles. The lowest BCUT2D eigenvalue weighted by molar-refractivity contribution is 0.102. The molecule has 0 aliphatic heterocycles. The smallest absolute Gasteiger partial charge is 0.274 e. The third-order valence-corrected chi connectivity index (χ3v) is 4.30. The van der Waals surface area contributed by atoms with Gasteiger partial charge in [-0.25, -0.2) is 0 Å². The molecule has 0 unspecified atom stereocenters. The number of aromatic nitrogens is 1. The van der Waals surface area contributed by atoms with E-state index in [-0.39, 0.29) is 17.5 Å². The number of anilines is 2. The number of pyridine rings is 1. The summed E-state index contributed by atoms with van der Waals surface area (Å²) in [5, 5.41) is 5.65. The highest BCUT2D eigenvalue weighted by Gasteiger charge is 2.13. The molecule has 1 heterocycles. The van der Waals surface area contributed by atoms with Crippen LogP contribution in [-0.2, 0) is 0 Å². The first-order valence-corrected chi connectivity index (χ1v) is 8.65. The van der Waals surface area contributed by atoms with Crippen LogP contribution < -0.4 is 10.6 Å². The van der Waals surface area contributed by atoms with Gasteiger partial charge in [-0.05, 0) is 73.9 Å². The Bertz CT molecular complexity index is 1010. The minimum Gasteiger partial charge on any atom is -0.322 e. The molecule has 0 radical (unpaired) electrons. The Morgan fingerprint density at radius 3 is 2.26 bits per heavy atom. The maximum Gasteiger partial charge on any atom is 0.274 e. The number of benzene rings is 2. The Morgan fingerprint density at radius 1 is 0.778 bits per heavy atom. The molecule has 0 saturated heterocycles. The van der Waals surface area contributed by atoms with E-state index in [2.05, 4.69) is 15.6 Å². The van der Waals surface area contributed by atoms with Crippen molar-refractivity contribution < 1.29 is 9.59 Å². The highest BCUT2D eigenvalue weighted by atomic mass is 16.2. The van der Waals surface area contributed by atoms with Gasteiger partial charge in [0.05, 0.1) is 0 Å². The predicted molar refractivity (Wildman–Crippen MR) is 107 cm³/mol. The largest absolute Gasteiger partial charge is 0.322 e. The summed E-state index contributed by atoms with van der Waals surface area (Å²) in [6, 6.07) is 16.3. The quantitative estimate of drug-likeness (QED) is 0.720. The van der Waals surface area contributed by atoms with Crippen LogP contribution in [0.3, 0.4) is 0 Å². The average Bonchev–Trinajstić information content (AvgIpc) is 2.65. The van der Waals surface area contributed by atoms with E-state index in [1.165, 1.54) is 12.3 Å². The fourth-order valence-electron chi connectivity index (χ4n) is 2.64. The molecule has 0 bridgehead atoms. The number of amides is 2. The van der Waals surface area contributed by atoms with Crippen LogP contribution in [0.5, 0.6) is 0 Å². The summed E-state index contributed by atoms with van der Waals surface area (Å²) in [6.45, 7) is 5.96. The second kappa shape index (κ2) is 7.83. The number of hydrogen-bond donors (Lipinski definition) is 2. The molecular weight excluding hydrogens is 338 g/mol. The highest BCUT2D eigenvalue weighted by molar-refractivity contribution is 6.07. The monoisotopic (exact) mass is 359 g/mol. The third-order valence-electron chi connectivity index (χ3n) is 4.30. The van der Waals surface area contributed by atoms with Crippen molar-refractivity contribution in [3.8, 4) is 0 Å². The zero-order valence-electron chi connectivity index (χ0n) is 15.5. The van der Waals surface area contributed by atoms with Gasteiger partial charge in [0.1, 0.15) is 5.69 Å². The standard InChI is InChI=1S/C22H21N3O2/c1-14-5-4-6-18(11-14)25-22(27)20-13-17(9-10-23-20)21(26)24-19-8-7-15(2)16(3)12-19/h4-13H,1-3H3,(H,24,26)(H,25,27). The van der Waals surface area contributed by atoms with Gasteiger partial charge in [-0.1, -0.05) is 18.2 Å². The van der Waals surface area contributed by atoms with E-state index in [1.807, 2.05) is 57.2 Å². The van der Waals surface area contributed by atoms with E-state index in [0.29, 0.717) is 16.9 Å². The van der Waals surface area contributed by atoms with E-state index in [9.17, 15) is 9.59 Å². The van der Waals surface area contributed by atoms with Crippen LogP contribution in [0.2, 0.25) is 0 Å². The summed E-state index contributed by atoms with van der Waals surface area (Å²) in [5.41, 5.74) is 5.26. The molecule has 3 rings (SSSR count). The second-order valence-corrected chi connectivity index (χ2v) is 6.51. The molecule has 0 aliphatic carbocycles. The first-order chi connectivity index (χ1) is 12.9. The van der Waals surface area contributed by atoms with E-state index in [1.54, 1.807) is 12.1 Å². The second-order valence-electron chi connectivity index (χ2n) is 6.51. The van der Waals surface area contributed by atoms with Crippen molar-refractivity contribution in [1.29, 1.82) is 0 Å².